The van der Waals surface area contributed by atoms with Crippen molar-refractivity contribution in [2.45, 2.75) is 27.2 Å². The standard InChI is InChI=1S/C15H18N2.CH4/c1-2-3-12-10-14(17)8-9-15(12)11-4-6-13(16)7-5-11;/h4-10H,2-3,16-17H2,1H3;1H4. The average molecular weight is 242 g/mol. The maximum atomic E-state index is 5.84. The Morgan fingerprint density at radius 2 is 1.50 bits per heavy atom. The maximum Gasteiger partial charge on any atom is 0.0317 e. The molecule has 0 heterocycles. The summed E-state index contributed by atoms with van der Waals surface area (Å²) in [6.45, 7) is 2.18. The number of nitrogens with two attached hydrogens (primary N) is 2. The predicted octanol–water partition coefficient (Wildman–Crippen LogP) is 4.11. The maximum absolute atomic E-state index is 5.84. The van der Waals surface area contributed by atoms with Gasteiger partial charge in [0.1, 0.15) is 0 Å². The van der Waals surface area contributed by atoms with Crippen molar-refractivity contribution in [2.24, 2.45) is 0 Å². The lowest BCUT2D eigenvalue weighted by Gasteiger charge is -2.10. The van der Waals surface area contributed by atoms with E-state index in [2.05, 4.69) is 31.2 Å². The summed E-state index contributed by atoms with van der Waals surface area (Å²) < 4.78 is 0. The third-order valence-electron chi connectivity index (χ3n) is 2.87. The van der Waals surface area contributed by atoms with Crippen LogP contribution in [-0.2, 0) is 6.42 Å². The Morgan fingerprint density at radius 1 is 0.889 bits per heavy atom. The fourth-order valence-electron chi connectivity index (χ4n) is 2.03. The number of hydrogen-bond acceptors (Lipinski definition) is 2. The molecule has 2 heteroatoms. The highest BCUT2D eigenvalue weighted by Gasteiger charge is 2.04. The number of aryl methyl sites for hydroxylation is 1. The van der Waals surface area contributed by atoms with Crippen molar-refractivity contribution < 1.29 is 0 Å². The monoisotopic (exact) mass is 242 g/mol. The van der Waals surface area contributed by atoms with Crippen LogP contribution >= 0.6 is 0 Å². The Hall–Kier alpha value is -1.96. The Kier molecular flexibility index (Phi) is 4.78. The molecule has 0 fully saturated rings. The van der Waals surface area contributed by atoms with Gasteiger partial charge >= 0.3 is 0 Å². The zero-order chi connectivity index (χ0) is 12.3. The number of hydrogen-bond donors (Lipinski definition) is 2. The lowest BCUT2D eigenvalue weighted by molar-refractivity contribution is 0.924. The van der Waals surface area contributed by atoms with Gasteiger partial charge in [0, 0.05) is 11.4 Å². The Balaban J connectivity index is 0.00000162. The summed E-state index contributed by atoms with van der Waals surface area (Å²) in [5.41, 5.74) is 16.9. The lowest BCUT2D eigenvalue weighted by Crippen LogP contribution is -1.93. The zero-order valence-electron chi connectivity index (χ0n) is 10.1. The van der Waals surface area contributed by atoms with Crippen LogP contribution in [0, 0.1) is 0 Å². The second-order valence-electron chi connectivity index (χ2n) is 4.29. The molecule has 0 atom stereocenters. The molecule has 2 aromatic rings. The summed E-state index contributed by atoms with van der Waals surface area (Å²) in [6.07, 6.45) is 2.16. The van der Waals surface area contributed by atoms with E-state index >= 15 is 0 Å². The van der Waals surface area contributed by atoms with Gasteiger partial charge in [-0.15, -0.1) is 0 Å². The van der Waals surface area contributed by atoms with Gasteiger partial charge in [-0.05, 0) is 47.4 Å². The number of anilines is 2. The smallest absolute Gasteiger partial charge is 0.0317 e. The average Bonchev–Trinajstić information content (AvgIpc) is 2.31. The van der Waals surface area contributed by atoms with Gasteiger partial charge in [0.25, 0.3) is 0 Å². The first-order valence-corrected chi connectivity index (χ1v) is 5.95. The lowest BCUT2D eigenvalue weighted by atomic mass is 9.96. The second-order valence-corrected chi connectivity index (χ2v) is 4.29. The van der Waals surface area contributed by atoms with Crippen LogP contribution in [0.3, 0.4) is 0 Å². The van der Waals surface area contributed by atoms with E-state index in [0.717, 1.165) is 24.2 Å². The first-order valence-electron chi connectivity index (χ1n) is 5.95. The molecule has 2 rings (SSSR count). The van der Waals surface area contributed by atoms with Gasteiger partial charge in [0.2, 0.25) is 0 Å². The molecular formula is C16H22N2. The SMILES string of the molecule is C.CCCc1cc(N)ccc1-c1ccc(N)cc1. The second kappa shape index (κ2) is 6.10. The molecule has 2 nitrogen and oxygen atoms in total. The highest BCUT2D eigenvalue weighted by Crippen LogP contribution is 2.27. The molecule has 0 saturated carbocycles. The third kappa shape index (κ3) is 3.04. The van der Waals surface area contributed by atoms with E-state index in [1.165, 1.54) is 16.7 Å². The van der Waals surface area contributed by atoms with E-state index in [4.69, 9.17) is 11.5 Å². The summed E-state index contributed by atoms with van der Waals surface area (Å²) in [5, 5.41) is 0. The van der Waals surface area contributed by atoms with Crippen LogP contribution in [0.4, 0.5) is 11.4 Å². The molecule has 0 aliphatic carbocycles. The van der Waals surface area contributed by atoms with Gasteiger partial charge in [0.15, 0.2) is 0 Å². The Bertz CT molecular complexity index is 501. The summed E-state index contributed by atoms with van der Waals surface area (Å²) in [5.74, 6) is 0. The summed E-state index contributed by atoms with van der Waals surface area (Å²) in [7, 11) is 0. The van der Waals surface area contributed by atoms with E-state index in [1.807, 2.05) is 18.2 Å². The Labute approximate surface area is 110 Å². The molecule has 0 spiro atoms. The third-order valence-corrected chi connectivity index (χ3v) is 2.87. The molecule has 0 saturated heterocycles. The molecule has 0 aromatic heterocycles. The minimum atomic E-state index is 0. The van der Waals surface area contributed by atoms with Crippen molar-refractivity contribution in [3.05, 3.63) is 48.0 Å². The van der Waals surface area contributed by atoms with Gasteiger partial charge in [0.05, 0.1) is 0 Å². The van der Waals surface area contributed by atoms with Crippen LogP contribution in [0.25, 0.3) is 11.1 Å². The highest BCUT2D eigenvalue weighted by molar-refractivity contribution is 5.71. The molecule has 0 bridgehead atoms. The zero-order valence-corrected chi connectivity index (χ0v) is 10.1. The summed E-state index contributed by atoms with van der Waals surface area (Å²) in [4.78, 5) is 0. The minimum absolute atomic E-state index is 0. The van der Waals surface area contributed by atoms with E-state index in [0.29, 0.717) is 0 Å². The van der Waals surface area contributed by atoms with E-state index in [-0.39, 0.29) is 7.43 Å². The van der Waals surface area contributed by atoms with E-state index < -0.39 is 0 Å². The summed E-state index contributed by atoms with van der Waals surface area (Å²) in [6, 6.07) is 14.1. The molecule has 0 aliphatic rings. The van der Waals surface area contributed by atoms with Crippen molar-refractivity contribution in [1.29, 1.82) is 0 Å². The van der Waals surface area contributed by atoms with Crippen LogP contribution in [0.2, 0.25) is 0 Å². The number of nitrogen functional groups attached to an aromatic ring is 2. The van der Waals surface area contributed by atoms with Crippen LogP contribution in [0.15, 0.2) is 42.5 Å². The van der Waals surface area contributed by atoms with E-state index in [1.54, 1.807) is 0 Å². The van der Waals surface area contributed by atoms with Crippen molar-refractivity contribution >= 4 is 11.4 Å². The van der Waals surface area contributed by atoms with Gasteiger partial charge in [-0.1, -0.05) is 39.0 Å². The molecule has 0 aliphatic heterocycles. The van der Waals surface area contributed by atoms with Gasteiger partial charge < -0.3 is 11.5 Å². The fourth-order valence-corrected chi connectivity index (χ4v) is 2.03. The first-order chi connectivity index (χ1) is 8.20. The van der Waals surface area contributed by atoms with Crippen molar-refractivity contribution in [3.8, 4) is 11.1 Å². The molecule has 96 valence electrons. The molecule has 2 aromatic carbocycles. The molecule has 0 radical (unpaired) electrons. The topological polar surface area (TPSA) is 52.0 Å². The molecule has 0 unspecified atom stereocenters. The number of rotatable bonds is 3. The Morgan fingerprint density at radius 3 is 2.11 bits per heavy atom. The van der Waals surface area contributed by atoms with Crippen molar-refractivity contribution in [3.63, 3.8) is 0 Å². The van der Waals surface area contributed by atoms with Gasteiger partial charge in [-0.3, -0.25) is 0 Å². The minimum Gasteiger partial charge on any atom is -0.399 e. The van der Waals surface area contributed by atoms with Gasteiger partial charge in [-0.25, -0.2) is 0 Å². The van der Waals surface area contributed by atoms with Crippen LogP contribution in [0.1, 0.15) is 26.3 Å². The molecule has 4 N–H and O–H groups in total. The normalized spacial score (nSPS) is 9.83. The van der Waals surface area contributed by atoms with Gasteiger partial charge in [-0.2, -0.15) is 0 Å². The summed E-state index contributed by atoms with van der Waals surface area (Å²) >= 11 is 0. The van der Waals surface area contributed by atoms with Crippen LogP contribution < -0.4 is 11.5 Å². The van der Waals surface area contributed by atoms with Crippen molar-refractivity contribution in [2.75, 3.05) is 11.5 Å². The predicted molar refractivity (Wildman–Crippen MR) is 81.4 cm³/mol. The van der Waals surface area contributed by atoms with Crippen LogP contribution in [0.5, 0.6) is 0 Å². The van der Waals surface area contributed by atoms with E-state index in [9.17, 15) is 0 Å². The first kappa shape index (κ1) is 14.1. The molecule has 18 heavy (non-hydrogen) atoms. The molecular weight excluding hydrogens is 220 g/mol. The largest absolute Gasteiger partial charge is 0.399 e. The highest BCUT2D eigenvalue weighted by atomic mass is 14.5. The fraction of sp³-hybridized carbons (Fsp3) is 0.250. The van der Waals surface area contributed by atoms with Crippen molar-refractivity contribution in [1.82, 2.24) is 0 Å². The number of benzene rings is 2. The quantitative estimate of drug-likeness (QED) is 0.796. The molecule has 0 amide bonds. The van der Waals surface area contributed by atoms with Crippen LogP contribution in [-0.4, -0.2) is 0 Å².